The Balaban J connectivity index is 2.36. The molecule has 1 rings (SSSR count). The summed E-state index contributed by atoms with van der Waals surface area (Å²) in [6.45, 7) is 12.5. The molecule has 1 aliphatic rings. The van der Waals surface area contributed by atoms with Gasteiger partial charge in [0.2, 0.25) is 5.91 Å². The molecule has 2 N–H and O–H groups in total. The van der Waals surface area contributed by atoms with Crippen molar-refractivity contribution in [2.45, 2.75) is 72.1 Å². The van der Waals surface area contributed by atoms with Gasteiger partial charge in [0.25, 0.3) is 0 Å². The number of amides is 2. The maximum Gasteiger partial charge on any atom is 0.407 e. The van der Waals surface area contributed by atoms with Crippen molar-refractivity contribution in [1.82, 2.24) is 15.5 Å². The molecule has 0 bridgehead atoms. The fourth-order valence-corrected chi connectivity index (χ4v) is 2.87. The summed E-state index contributed by atoms with van der Waals surface area (Å²) in [6.07, 6.45) is 1.14. The van der Waals surface area contributed by atoms with Crippen LogP contribution in [-0.2, 0) is 14.3 Å². The van der Waals surface area contributed by atoms with Crippen molar-refractivity contribution in [2.24, 2.45) is 5.92 Å². The highest BCUT2D eigenvalue weighted by molar-refractivity contribution is 5.88. The minimum absolute atomic E-state index is 0.0244. The highest BCUT2D eigenvalue weighted by atomic mass is 16.6. The van der Waals surface area contributed by atoms with Crippen LogP contribution in [0.15, 0.2) is 0 Å². The molecule has 0 saturated carbocycles. The summed E-state index contributed by atoms with van der Waals surface area (Å²) in [5.74, 6) is -0.0821. The normalized spacial score (nSPS) is 17.9. The Labute approximate surface area is 150 Å². The van der Waals surface area contributed by atoms with Crippen LogP contribution in [0.25, 0.3) is 0 Å². The van der Waals surface area contributed by atoms with Crippen LogP contribution in [0.4, 0.5) is 4.79 Å². The largest absolute Gasteiger partial charge is 0.444 e. The number of ether oxygens (including phenoxy) is 1. The molecule has 0 spiro atoms. The van der Waals surface area contributed by atoms with Gasteiger partial charge in [0.1, 0.15) is 5.60 Å². The number of hydrogen-bond donors (Lipinski definition) is 2. The number of alkyl carbamates (subject to hydrolysis) is 1. The van der Waals surface area contributed by atoms with Crippen LogP contribution in [0.1, 0.15) is 54.4 Å². The minimum atomic E-state index is -0.507. The molecule has 1 aliphatic heterocycles. The second-order valence-corrected chi connectivity index (χ2v) is 8.10. The van der Waals surface area contributed by atoms with E-state index in [1.54, 1.807) is 0 Å². The van der Waals surface area contributed by atoms with Crippen molar-refractivity contribution in [2.75, 3.05) is 19.6 Å². The van der Waals surface area contributed by atoms with Crippen LogP contribution in [0, 0.1) is 5.92 Å². The molecule has 0 aromatic rings. The molecule has 0 aromatic heterocycles. The van der Waals surface area contributed by atoms with Gasteiger partial charge in [-0.1, -0.05) is 13.8 Å². The fourth-order valence-electron chi connectivity index (χ4n) is 2.87. The SMILES string of the molecule is CC(=O)C(NC(=O)CN1CCC(NC(=O)OC(C)(C)C)CC1)C(C)C. The Bertz CT molecular complexity index is 477. The van der Waals surface area contributed by atoms with Crippen molar-refractivity contribution in [3.8, 4) is 0 Å². The minimum Gasteiger partial charge on any atom is -0.444 e. The number of hydrogen-bond acceptors (Lipinski definition) is 5. The molecule has 7 nitrogen and oxygen atoms in total. The molecule has 1 heterocycles. The summed E-state index contributed by atoms with van der Waals surface area (Å²) in [5.41, 5.74) is -0.507. The van der Waals surface area contributed by atoms with Gasteiger partial charge in [-0.3, -0.25) is 14.5 Å². The lowest BCUT2D eigenvalue weighted by molar-refractivity contribution is -0.128. The predicted molar refractivity (Wildman–Crippen MR) is 96.3 cm³/mol. The molecule has 1 saturated heterocycles. The summed E-state index contributed by atoms with van der Waals surface area (Å²) < 4.78 is 5.26. The number of likely N-dealkylation sites (tertiary alicyclic amines) is 1. The number of nitrogens with zero attached hydrogens (tertiary/aromatic N) is 1. The quantitative estimate of drug-likeness (QED) is 0.757. The number of rotatable bonds is 6. The molecule has 7 heteroatoms. The monoisotopic (exact) mass is 355 g/mol. The standard InChI is InChI=1S/C18H33N3O4/c1-12(2)16(13(3)22)20-15(23)11-21-9-7-14(8-10-21)19-17(24)25-18(4,5)6/h12,14,16H,7-11H2,1-6H3,(H,19,24)(H,20,23). The first-order valence-electron chi connectivity index (χ1n) is 8.99. The third kappa shape index (κ3) is 8.34. The molecule has 0 aromatic carbocycles. The van der Waals surface area contributed by atoms with Crippen LogP contribution in [-0.4, -0.2) is 60.0 Å². The van der Waals surface area contributed by atoms with Crippen molar-refractivity contribution < 1.29 is 19.1 Å². The number of piperidine rings is 1. The summed E-state index contributed by atoms with van der Waals surface area (Å²) in [7, 11) is 0. The Hall–Kier alpha value is -1.63. The average molecular weight is 355 g/mol. The highest BCUT2D eigenvalue weighted by Crippen LogP contribution is 2.12. The zero-order valence-corrected chi connectivity index (χ0v) is 16.3. The fraction of sp³-hybridized carbons (Fsp3) is 0.833. The lowest BCUT2D eigenvalue weighted by atomic mass is 10.0. The van der Waals surface area contributed by atoms with Gasteiger partial charge in [-0.05, 0) is 46.5 Å². The first-order valence-corrected chi connectivity index (χ1v) is 8.99. The Kier molecular flexibility index (Phi) is 7.86. The van der Waals surface area contributed by atoms with Crippen molar-refractivity contribution >= 4 is 17.8 Å². The molecule has 144 valence electrons. The van der Waals surface area contributed by atoms with Crippen molar-refractivity contribution in [3.05, 3.63) is 0 Å². The Morgan fingerprint density at radius 1 is 1.16 bits per heavy atom. The smallest absolute Gasteiger partial charge is 0.407 e. The maximum absolute atomic E-state index is 12.2. The first kappa shape index (κ1) is 21.4. The second kappa shape index (κ2) is 9.17. The van der Waals surface area contributed by atoms with E-state index >= 15 is 0 Å². The lowest BCUT2D eigenvalue weighted by Gasteiger charge is -2.32. The van der Waals surface area contributed by atoms with Gasteiger partial charge in [-0.25, -0.2) is 4.79 Å². The topological polar surface area (TPSA) is 87.7 Å². The maximum atomic E-state index is 12.2. The van der Waals surface area contributed by atoms with Crippen LogP contribution in [0.5, 0.6) is 0 Å². The molecule has 1 atom stereocenters. The number of carbonyl (C=O) groups is 3. The van der Waals surface area contributed by atoms with E-state index in [1.807, 2.05) is 39.5 Å². The Morgan fingerprint density at radius 2 is 1.72 bits per heavy atom. The highest BCUT2D eigenvalue weighted by Gasteiger charge is 2.26. The number of carbonyl (C=O) groups excluding carboxylic acids is 3. The van der Waals surface area contributed by atoms with Gasteiger partial charge in [-0.15, -0.1) is 0 Å². The summed E-state index contributed by atoms with van der Waals surface area (Å²) in [6, 6.07) is -0.367. The lowest BCUT2D eigenvalue weighted by Crippen LogP contribution is -2.50. The average Bonchev–Trinajstić information content (AvgIpc) is 2.44. The van der Waals surface area contributed by atoms with Gasteiger partial charge in [-0.2, -0.15) is 0 Å². The second-order valence-electron chi connectivity index (χ2n) is 8.10. The first-order chi connectivity index (χ1) is 11.5. The van der Waals surface area contributed by atoms with E-state index in [0.717, 1.165) is 25.9 Å². The summed E-state index contributed by atoms with van der Waals surface area (Å²) in [5, 5.41) is 5.69. The molecule has 2 amide bonds. The number of Topliss-reactive ketones (excluding diaryl/α,β-unsaturated/α-hetero) is 1. The molecule has 0 aliphatic carbocycles. The van der Waals surface area contributed by atoms with Crippen molar-refractivity contribution in [1.29, 1.82) is 0 Å². The van der Waals surface area contributed by atoms with Crippen LogP contribution < -0.4 is 10.6 Å². The van der Waals surface area contributed by atoms with Crippen LogP contribution in [0.3, 0.4) is 0 Å². The third-order valence-corrected chi connectivity index (χ3v) is 4.10. The summed E-state index contributed by atoms with van der Waals surface area (Å²) >= 11 is 0. The van der Waals surface area contributed by atoms with E-state index in [1.165, 1.54) is 6.92 Å². The van der Waals surface area contributed by atoms with Gasteiger partial charge in [0, 0.05) is 19.1 Å². The Morgan fingerprint density at radius 3 is 2.16 bits per heavy atom. The zero-order valence-electron chi connectivity index (χ0n) is 16.3. The summed E-state index contributed by atoms with van der Waals surface area (Å²) in [4.78, 5) is 37.6. The number of nitrogens with one attached hydrogen (secondary N) is 2. The van der Waals surface area contributed by atoms with E-state index in [4.69, 9.17) is 4.74 Å². The van der Waals surface area contributed by atoms with E-state index in [9.17, 15) is 14.4 Å². The molecule has 1 unspecified atom stereocenters. The van der Waals surface area contributed by atoms with Gasteiger partial charge >= 0.3 is 6.09 Å². The van der Waals surface area contributed by atoms with E-state index < -0.39 is 17.7 Å². The van der Waals surface area contributed by atoms with Crippen LogP contribution in [0.2, 0.25) is 0 Å². The predicted octanol–water partition coefficient (Wildman–Crippen LogP) is 1.71. The van der Waals surface area contributed by atoms with Crippen LogP contribution >= 0.6 is 0 Å². The van der Waals surface area contributed by atoms with E-state index in [2.05, 4.69) is 10.6 Å². The zero-order chi connectivity index (χ0) is 19.2. The molecule has 0 radical (unpaired) electrons. The third-order valence-electron chi connectivity index (χ3n) is 4.10. The molecular formula is C18H33N3O4. The van der Waals surface area contributed by atoms with Gasteiger partial charge in [0.05, 0.1) is 12.6 Å². The van der Waals surface area contributed by atoms with E-state index in [-0.39, 0.29) is 30.2 Å². The van der Waals surface area contributed by atoms with Crippen molar-refractivity contribution in [3.63, 3.8) is 0 Å². The molecule has 1 fully saturated rings. The molecule has 25 heavy (non-hydrogen) atoms. The van der Waals surface area contributed by atoms with E-state index in [0.29, 0.717) is 0 Å². The number of ketones is 1. The van der Waals surface area contributed by atoms with Gasteiger partial charge in [0.15, 0.2) is 5.78 Å². The van der Waals surface area contributed by atoms with Gasteiger partial charge < -0.3 is 15.4 Å². The molecular weight excluding hydrogens is 322 g/mol.